The first-order valence-corrected chi connectivity index (χ1v) is 6.81. The third-order valence-electron chi connectivity index (χ3n) is 3.01. The molecule has 1 N–H and O–H groups in total. The van der Waals surface area contributed by atoms with E-state index in [4.69, 9.17) is 9.68 Å². The van der Waals surface area contributed by atoms with Crippen molar-refractivity contribution in [2.24, 2.45) is 5.92 Å². The van der Waals surface area contributed by atoms with Crippen molar-refractivity contribution in [2.45, 2.75) is 33.2 Å². The predicted octanol–water partition coefficient (Wildman–Crippen LogP) is 3.92. The van der Waals surface area contributed by atoms with Gasteiger partial charge in [-0.15, -0.1) is 0 Å². The van der Waals surface area contributed by atoms with Gasteiger partial charge >= 0.3 is 0 Å². The van der Waals surface area contributed by atoms with Crippen molar-refractivity contribution in [3.05, 3.63) is 47.5 Å². The van der Waals surface area contributed by atoms with Gasteiger partial charge in [0, 0.05) is 6.42 Å². The van der Waals surface area contributed by atoms with Gasteiger partial charge < -0.3 is 9.73 Å². The minimum atomic E-state index is 0.0585. The SMILES string of the molecule is CC(C)Cc1nc(C#N)c(NC(C)c2ccccc2)o1. The second-order valence-corrected chi connectivity index (χ2v) is 5.27. The van der Waals surface area contributed by atoms with Gasteiger partial charge in [0.25, 0.3) is 0 Å². The van der Waals surface area contributed by atoms with Gasteiger partial charge in [0.05, 0.1) is 6.04 Å². The van der Waals surface area contributed by atoms with Crippen LogP contribution >= 0.6 is 0 Å². The third kappa shape index (κ3) is 3.39. The molecule has 0 saturated carbocycles. The normalized spacial score (nSPS) is 12.2. The van der Waals surface area contributed by atoms with E-state index in [0.29, 0.717) is 23.4 Å². The fraction of sp³-hybridized carbons (Fsp3) is 0.375. The molecule has 2 rings (SSSR count). The van der Waals surface area contributed by atoms with Gasteiger partial charge in [-0.05, 0) is 18.4 Å². The van der Waals surface area contributed by atoms with Crippen LogP contribution in [0.1, 0.15) is 44.0 Å². The molecule has 0 fully saturated rings. The number of nitrogens with zero attached hydrogens (tertiary/aromatic N) is 2. The first-order chi connectivity index (χ1) is 9.60. The molecule has 2 aromatic rings. The zero-order valence-corrected chi connectivity index (χ0v) is 12.1. The second kappa shape index (κ2) is 6.25. The molecular formula is C16H19N3O. The smallest absolute Gasteiger partial charge is 0.232 e. The first-order valence-electron chi connectivity index (χ1n) is 6.81. The Bertz CT molecular complexity index is 596. The van der Waals surface area contributed by atoms with Crippen LogP contribution in [0.5, 0.6) is 0 Å². The fourth-order valence-corrected chi connectivity index (χ4v) is 2.00. The van der Waals surface area contributed by atoms with Crippen molar-refractivity contribution in [1.82, 2.24) is 4.98 Å². The number of hydrogen-bond acceptors (Lipinski definition) is 4. The molecule has 0 aliphatic heterocycles. The van der Waals surface area contributed by atoms with Crippen molar-refractivity contribution in [1.29, 1.82) is 5.26 Å². The Morgan fingerprint density at radius 1 is 1.25 bits per heavy atom. The lowest BCUT2D eigenvalue weighted by Crippen LogP contribution is -2.06. The lowest BCUT2D eigenvalue weighted by molar-refractivity contribution is 0.463. The molecular weight excluding hydrogens is 250 g/mol. The molecule has 0 bridgehead atoms. The van der Waals surface area contributed by atoms with Crippen LogP contribution in [0.25, 0.3) is 0 Å². The molecule has 0 aliphatic carbocycles. The Labute approximate surface area is 119 Å². The molecule has 1 atom stereocenters. The fourth-order valence-electron chi connectivity index (χ4n) is 2.00. The van der Waals surface area contributed by atoms with Gasteiger partial charge in [-0.1, -0.05) is 44.2 Å². The molecule has 0 amide bonds. The van der Waals surface area contributed by atoms with E-state index in [1.165, 1.54) is 0 Å². The average molecular weight is 269 g/mol. The highest BCUT2D eigenvalue weighted by Gasteiger charge is 2.16. The zero-order chi connectivity index (χ0) is 14.5. The Morgan fingerprint density at radius 2 is 1.95 bits per heavy atom. The molecule has 1 aromatic carbocycles. The van der Waals surface area contributed by atoms with Crippen LogP contribution in [-0.4, -0.2) is 4.98 Å². The molecule has 4 nitrogen and oxygen atoms in total. The summed E-state index contributed by atoms with van der Waals surface area (Å²) < 4.78 is 5.66. The van der Waals surface area contributed by atoms with Crippen LogP contribution in [0, 0.1) is 17.2 Å². The lowest BCUT2D eigenvalue weighted by atomic mass is 10.1. The van der Waals surface area contributed by atoms with Crippen molar-refractivity contribution >= 4 is 5.88 Å². The number of hydrogen-bond donors (Lipinski definition) is 1. The highest BCUT2D eigenvalue weighted by Crippen LogP contribution is 2.24. The number of aromatic nitrogens is 1. The van der Waals surface area contributed by atoms with E-state index in [1.54, 1.807) is 0 Å². The zero-order valence-electron chi connectivity index (χ0n) is 12.1. The quantitative estimate of drug-likeness (QED) is 0.893. The minimum absolute atomic E-state index is 0.0585. The molecule has 104 valence electrons. The Hall–Kier alpha value is -2.28. The van der Waals surface area contributed by atoms with Crippen LogP contribution in [-0.2, 0) is 6.42 Å². The molecule has 1 aromatic heterocycles. The largest absolute Gasteiger partial charge is 0.424 e. The maximum Gasteiger partial charge on any atom is 0.232 e. The van der Waals surface area contributed by atoms with E-state index < -0.39 is 0 Å². The molecule has 4 heteroatoms. The third-order valence-corrected chi connectivity index (χ3v) is 3.01. The summed E-state index contributed by atoms with van der Waals surface area (Å²) in [5.74, 6) is 1.51. The van der Waals surface area contributed by atoms with Crippen molar-refractivity contribution < 1.29 is 4.42 Å². The summed E-state index contributed by atoms with van der Waals surface area (Å²) in [5, 5.41) is 12.4. The molecule has 1 unspecified atom stereocenters. The monoisotopic (exact) mass is 269 g/mol. The van der Waals surface area contributed by atoms with E-state index in [-0.39, 0.29) is 6.04 Å². The molecule has 1 heterocycles. The topological polar surface area (TPSA) is 61.9 Å². The molecule has 0 spiro atoms. The number of rotatable bonds is 5. The highest BCUT2D eigenvalue weighted by molar-refractivity contribution is 5.47. The van der Waals surface area contributed by atoms with Crippen LogP contribution in [0.2, 0.25) is 0 Å². The van der Waals surface area contributed by atoms with E-state index in [9.17, 15) is 0 Å². The number of anilines is 1. The summed E-state index contributed by atoms with van der Waals surface area (Å²) in [4.78, 5) is 4.23. The van der Waals surface area contributed by atoms with E-state index >= 15 is 0 Å². The van der Waals surface area contributed by atoms with Crippen LogP contribution in [0.3, 0.4) is 0 Å². The highest BCUT2D eigenvalue weighted by atomic mass is 16.4. The minimum Gasteiger partial charge on any atom is -0.424 e. The van der Waals surface area contributed by atoms with Gasteiger partial charge in [-0.25, -0.2) is 4.98 Å². The van der Waals surface area contributed by atoms with Crippen LogP contribution in [0.15, 0.2) is 34.7 Å². The molecule has 0 radical (unpaired) electrons. The number of nitrogens with one attached hydrogen (secondary N) is 1. The average Bonchev–Trinajstić information content (AvgIpc) is 2.80. The summed E-state index contributed by atoms with van der Waals surface area (Å²) in [7, 11) is 0. The lowest BCUT2D eigenvalue weighted by Gasteiger charge is -2.13. The van der Waals surface area contributed by atoms with Crippen LogP contribution in [0.4, 0.5) is 5.88 Å². The van der Waals surface area contributed by atoms with Crippen molar-refractivity contribution in [2.75, 3.05) is 5.32 Å². The summed E-state index contributed by atoms with van der Waals surface area (Å²) in [6.45, 7) is 6.22. The number of nitriles is 1. The van der Waals surface area contributed by atoms with Gasteiger partial charge in [0.2, 0.25) is 11.6 Å². The van der Waals surface area contributed by atoms with Gasteiger partial charge in [-0.3, -0.25) is 0 Å². The van der Waals surface area contributed by atoms with E-state index in [0.717, 1.165) is 12.0 Å². The maximum absolute atomic E-state index is 9.14. The standard InChI is InChI=1S/C16H19N3O/c1-11(2)9-15-19-14(10-17)16(20-15)18-12(3)13-7-5-4-6-8-13/h4-8,11-12,18H,9H2,1-3H3. The van der Waals surface area contributed by atoms with Gasteiger partial charge in [0.1, 0.15) is 6.07 Å². The molecule has 0 saturated heterocycles. The molecule has 0 aliphatic rings. The molecule has 20 heavy (non-hydrogen) atoms. The first kappa shape index (κ1) is 14.1. The van der Waals surface area contributed by atoms with Crippen molar-refractivity contribution in [3.63, 3.8) is 0 Å². The Balaban J connectivity index is 2.16. The summed E-state index contributed by atoms with van der Waals surface area (Å²) in [6, 6.07) is 12.2. The maximum atomic E-state index is 9.14. The van der Waals surface area contributed by atoms with E-state index in [1.807, 2.05) is 37.3 Å². The summed E-state index contributed by atoms with van der Waals surface area (Å²) in [6.07, 6.45) is 0.732. The second-order valence-electron chi connectivity index (χ2n) is 5.27. The summed E-state index contributed by atoms with van der Waals surface area (Å²) >= 11 is 0. The van der Waals surface area contributed by atoms with E-state index in [2.05, 4.69) is 30.2 Å². The van der Waals surface area contributed by atoms with Gasteiger partial charge in [-0.2, -0.15) is 5.26 Å². The number of benzene rings is 1. The predicted molar refractivity (Wildman–Crippen MR) is 78.2 cm³/mol. The van der Waals surface area contributed by atoms with Crippen molar-refractivity contribution in [3.8, 4) is 6.07 Å². The van der Waals surface area contributed by atoms with Gasteiger partial charge in [0.15, 0.2) is 5.89 Å². The summed E-state index contributed by atoms with van der Waals surface area (Å²) in [5.41, 5.74) is 1.46. The number of oxazole rings is 1. The Kier molecular flexibility index (Phi) is 4.41. The Morgan fingerprint density at radius 3 is 2.55 bits per heavy atom. The van der Waals surface area contributed by atoms with Crippen LogP contribution < -0.4 is 5.32 Å².